The summed E-state index contributed by atoms with van der Waals surface area (Å²) in [4.78, 5) is 26.2. The minimum absolute atomic E-state index is 0.0110. The van der Waals surface area contributed by atoms with Crippen molar-refractivity contribution in [1.82, 2.24) is 5.43 Å². The number of phenolic OH excluding ortho intramolecular Hbond substituents is 1. The molecule has 0 spiro atoms. The number of aryl methyl sites for hydroxylation is 1. The summed E-state index contributed by atoms with van der Waals surface area (Å²) in [5, 5.41) is 14.1. The molecule has 6 nitrogen and oxygen atoms in total. The van der Waals surface area contributed by atoms with Gasteiger partial charge in [-0.3, -0.25) is 9.59 Å². The molecule has 0 atom stereocenters. The number of hydrogen-bond donors (Lipinski definition) is 2. The van der Waals surface area contributed by atoms with Gasteiger partial charge in [-0.05, 0) is 36.6 Å². The number of benzene rings is 2. The number of hydrogen-bond acceptors (Lipinski definition) is 4. The van der Waals surface area contributed by atoms with Crippen LogP contribution in [-0.2, 0) is 16.0 Å². The molecule has 0 saturated carbocycles. The topological polar surface area (TPSA) is 82.0 Å². The van der Waals surface area contributed by atoms with E-state index in [0.29, 0.717) is 11.6 Å². The van der Waals surface area contributed by atoms with E-state index in [1.807, 2.05) is 24.3 Å². The van der Waals surface area contributed by atoms with Gasteiger partial charge in [-0.1, -0.05) is 41.4 Å². The van der Waals surface area contributed by atoms with Crippen LogP contribution in [0, 0.1) is 0 Å². The van der Waals surface area contributed by atoms with E-state index in [-0.39, 0.29) is 35.1 Å². The van der Waals surface area contributed by atoms with E-state index in [0.717, 1.165) is 24.1 Å². The quantitative estimate of drug-likeness (QED) is 0.569. The number of rotatable bonds is 5. The lowest BCUT2D eigenvalue weighted by Gasteiger charge is -2.29. The molecule has 1 aliphatic heterocycles. The second-order valence-corrected chi connectivity index (χ2v) is 7.24. The van der Waals surface area contributed by atoms with Crippen LogP contribution in [0.4, 0.5) is 5.69 Å². The molecule has 2 aromatic rings. The number of aromatic hydroxyl groups is 1. The number of anilines is 1. The largest absolute Gasteiger partial charge is 0.506 e. The molecular formula is C20H19Cl2N3O3. The number of carbonyl (C=O) groups is 2. The van der Waals surface area contributed by atoms with Gasteiger partial charge in [0, 0.05) is 35.7 Å². The summed E-state index contributed by atoms with van der Waals surface area (Å²) < 4.78 is 0. The molecule has 0 fully saturated rings. The van der Waals surface area contributed by atoms with Crippen molar-refractivity contribution in [1.29, 1.82) is 0 Å². The zero-order valence-corrected chi connectivity index (χ0v) is 16.5. The number of carbonyl (C=O) groups excluding carboxylic acids is 2. The van der Waals surface area contributed by atoms with Crippen LogP contribution in [0.1, 0.15) is 30.4 Å². The van der Waals surface area contributed by atoms with E-state index >= 15 is 0 Å². The summed E-state index contributed by atoms with van der Waals surface area (Å²) in [5.74, 6) is -0.670. The van der Waals surface area contributed by atoms with Crippen molar-refractivity contribution in [2.45, 2.75) is 25.7 Å². The van der Waals surface area contributed by atoms with Crippen molar-refractivity contribution in [3.05, 3.63) is 57.6 Å². The zero-order valence-electron chi connectivity index (χ0n) is 15.0. The molecule has 1 heterocycles. The Labute approximate surface area is 172 Å². The minimum atomic E-state index is -0.400. The lowest BCUT2D eigenvalue weighted by Crippen LogP contribution is -2.36. The predicted octanol–water partition coefficient (Wildman–Crippen LogP) is 3.91. The summed E-state index contributed by atoms with van der Waals surface area (Å²) in [6.45, 7) is 0.657. The first-order chi connectivity index (χ1) is 13.5. The molecule has 0 aliphatic carbocycles. The average molecular weight is 420 g/mol. The third-order valence-corrected chi connectivity index (χ3v) is 4.93. The Hall–Kier alpha value is -2.57. The monoisotopic (exact) mass is 419 g/mol. The minimum Gasteiger partial charge on any atom is -0.506 e. The highest BCUT2D eigenvalue weighted by Gasteiger charge is 2.22. The van der Waals surface area contributed by atoms with E-state index < -0.39 is 5.91 Å². The van der Waals surface area contributed by atoms with E-state index in [2.05, 4.69) is 10.5 Å². The van der Waals surface area contributed by atoms with Crippen LogP contribution >= 0.6 is 23.2 Å². The van der Waals surface area contributed by atoms with Crippen molar-refractivity contribution in [3.63, 3.8) is 0 Å². The number of halogens is 2. The summed E-state index contributed by atoms with van der Waals surface area (Å²) in [5.41, 5.74) is 4.68. The van der Waals surface area contributed by atoms with Gasteiger partial charge in [-0.2, -0.15) is 5.10 Å². The Kier molecular flexibility index (Phi) is 6.54. The van der Waals surface area contributed by atoms with Gasteiger partial charge in [-0.25, -0.2) is 5.43 Å². The Bertz CT molecular complexity index is 931. The first kappa shape index (κ1) is 20.2. The van der Waals surface area contributed by atoms with Gasteiger partial charge in [0.05, 0.1) is 11.2 Å². The maximum atomic E-state index is 12.5. The van der Waals surface area contributed by atoms with Crippen LogP contribution in [0.25, 0.3) is 0 Å². The number of fused-ring (bicyclic) bond motifs is 1. The highest BCUT2D eigenvalue weighted by Crippen LogP contribution is 2.30. The van der Waals surface area contributed by atoms with Gasteiger partial charge >= 0.3 is 0 Å². The second kappa shape index (κ2) is 9.08. The lowest BCUT2D eigenvalue weighted by atomic mass is 10.0. The zero-order chi connectivity index (χ0) is 20.1. The average Bonchev–Trinajstić information content (AvgIpc) is 2.69. The SMILES string of the molecule is O=C(CCC(=O)N1CCCc2ccccc21)NN=Cc1cc(Cl)cc(Cl)c1O. The molecule has 1 aliphatic rings. The van der Waals surface area contributed by atoms with Crippen molar-refractivity contribution in [2.24, 2.45) is 5.10 Å². The molecule has 146 valence electrons. The fourth-order valence-corrected chi connectivity index (χ4v) is 3.57. The molecule has 2 aromatic carbocycles. The molecule has 28 heavy (non-hydrogen) atoms. The normalized spacial score (nSPS) is 13.4. The number of phenols is 1. The van der Waals surface area contributed by atoms with Crippen molar-refractivity contribution in [3.8, 4) is 5.75 Å². The molecule has 0 unspecified atom stereocenters. The third kappa shape index (κ3) is 4.82. The third-order valence-electron chi connectivity index (χ3n) is 4.43. The maximum Gasteiger partial charge on any atom is 0.240 e. The highest BCUT2D eigenvalue weighted by atomic mass is 35.5. The Morgan fingerprint density at radius 2 is 2.00 bits per heavy atom. The van der Waals surface area contributed by atoms with Gasteiger partial charge in [0.15, 0.2) is 0 Å². The molecule has 2 amide bonds. The van der Waals surface area contributed by atoms with E-state index in [1.165, 1.54) is 18.3 Å². The Morgan fingerprint density at radius 1 is 1.21 bits per heavy atom. The van der Waals surface area contributed by atoms with Crippen molar-refractivity contribution < 1.29 is 14.7 Å². The van der Waals surface area contributed by atoms with Crippen LogP contribution in [0.15, 0.2) is 41.5 Å². The van der Waals surface area contributed by atoms with Gasteiger partial charge < -0.3 is 10.0 Å². The first-order valence-electron chi connectivity index (χ1n) is 8.84. The molecule has 8 heteroatoms. The first-order valence-corrected chi connectivity index (χ1v) is 9.59. The molecule has 0 radical (unpaired) electrons. The van der Waals surface area contributed by atoms with Crippen LogP contribution in [0.3, 0.4) is 0 Å². The van der Waals surface area contributed by atoms with Crippen molar-refractivity contribution in [2.75, 3.05) is 11.4 Å². The lowest BCUT2D eigenvalue weighted by molar-refractivity contribution is -0.125. The van der Waals surface area contributed by atoms with Crippen LogP contribution in [0.2, 0.25) is 10.0 Å². The molecule has 0 bridgehead atoms. The summed E-state index contributed by atoms with van der Waals surface area (Å²) in [6.07, 6.45) is 3.20. The smallest absolute Gasteiger partial charge is 0.240 e. The number of nitrogens with zero attached hydrogens (tertiary/aromatic N) is 2. The van der Waals surface area contributed by atoms with Gasteiger partial charge in [0.25, 0.3) is 0 Å². The van der Waals surface area contributed by atoms with E-state index in [9.17, 15) is 14.7 Å². The van der Waals surface area contributed by atoms with E-state index in [1.54, 1.807) is 4.90 Å². The highest BCUT2D eigenvalue weighted by molar-refractivity contribution is 6.36. The summed E-state index contributed by atoms with van der Waals surface area (Å²) in [6, 6.07) is 10.7. The van der Waals surface area contributed by atoms with Gasteiger partial charge in [0.2, 0.25) is 11.8 Å². The molecule has 0 aromatic heterocycles. The fourth-order valence-electron chi connectivity index (χ4n) is 3.06. The van der Waals surface area contributed by atoms with Gasteiger partial charge in [-0.15, -0.1) is 0 Å². The van der Waals surface area contributed by atoms with Crippen LogP contribution in [0.5, 0.6) is 5.75 Å². The van der Waals surface area contributed by atoms with Crippen LogP contribution in [-0.4, -0.2) is 29.7 Å². The second-order valence-electron chi connectivity index (χ2n) is 6.40. The fraction of sp³-hybridized carbons (Fsp3) is 0.250. The van der Waals surface area contributed by atoms with Crippen molar-refractivity contribution >= 4 is 46.9 Å². The Morgan fingerprint density at radius 3 is 2.82 bits per heavy atom. The molecule has 3 rings (SSSR count). The number of nitrogens with one attached hydrogen (secondary N) is 1. The maximum absolute atomic E-state index is 12.5. The predicted molar refractivity (Wildman–Crippen MR) is 110 cm³/mol. The summed E-state index contributed by atoms with van der Waals surface area (Å²) in [7, 11) is 0. The summed E-state index contributed by atoms with van der Waals surface area (Å²) >= 11 is 11.7. The standard InChI is InChI=1S/C20H19Cl2N3O3/c21-15-10-14(20(28)16(22)11-15)12-23-24-18(26)7-8-19(27)25-9-3-5-13-4-1-2-6-17(13)25/h1-2,4,6,10-12,28H,3,5,7-9H2,(H,24,26). The van der Waals surface area contributed by atoms with Gasteiger partial charge in [0.1, 0.15) is 5.75 Å². The number of hydrazone groups is 1. The molecule has 2 N–H and O–H groups in total. The number of amides is 2. The van der Waals surface area contributed by atoms with E-state index in [4.69, 9.17) is 23.2 Å². The molecule has 0 saturated heterocycles. The molecular weight excluding hydrogens is 401 g/mol. The van der Waals surface area contributed by atoms with Crippen LogP contribution < -0.4 is 10.3 Å². The number of para-hydroxylation sites is 1. The Balaban J connectivity index is 1.53.